The summed E-state index contributed by atoms with van der Waals surface area (Å²) < 4.78 is 76.9. The van der Waals surface area contributed by atoms with Crippen molar-refractivity contribution in [2.45, 2.75) is 31.1 Å². The Hall–Kier alpha value is -1.35. The maximum Gasteiger partial charge on any atom is 0.314 e. The van der Waals surface area contributed by atoms with Gasteiger partial charge in [-0.25, -0.2) is 0 Å². The molecule has 1 N–H and O–H groups in total. The van der Waals surface area contributed by atoms with Crippen LogP contribution in [0.1, 0.15) is 42.9 Å². The molecule has 0 amide bonds. The van der Waals surface area contributed by atoms with E-state index in [1.54, 1.807) is 6.07 Å². The second kappa shape index (κ2) is 5.82. The fourth-order valence-electron chi connectivity index (χ4n) is 1.59. The van der Waals surface area contributed by atoms with E-state index in [2.05, 4.69) is 4.74 Å². The number of carbonyl (C=O) groups excluding carboxylic acids is 1. The summed E-state index contributed by atoms with van der Waals surface area (Å²) >= 11 is 0. The third-order valence-electron chi connectivity index (χ3n) is 2.38. The highest BCUT2D eigenvalue weighted by atomic mass is 16.5. The number of piperidine rings is 1. The minimum atomic E-state index is -3.43. The molecule has 2 rings (SSSR count). The molecular formula is C14H19NO2. The zero-order valence-corrected chi connectivity index (χ0v) is 9.28. The van der Waals surface area contributed by atoms with E-state index >= 15 is 0 Å². The quantitative estimate of drug-likeness (QED) is 0.825. The molecule has 1 aromatic rings. The lowest BCUT2D eigenvalue weighted by Crippen LogP contribution is -2.42. The van der Waals surface area contributed by atoms with Crippen LogP contribution in [-0.2, 0) is 9.53 Å². The van der Waals surface area contributed by atoms with Gasteiger partial charge < -0.3 is 10.1 Å². The molecule has 1 aromatic carbocycles. The van der Waals surface area contributed by atoms with Crippen molar-refractivity contribution in [3.63, 3.8) is 0 Å². The lowest BCUT2D eigenvalue weighted by Gasteiger charge is -2.29. The maximum absolute atomic E-state index is 12.4. The summed E-state index contributed by atoms with van der Waals surface area (Å²) in [6.45, 7) is -3.13. The van der Waals surface area contributed by atoms with E-state index in [4.69, 9.17) is 12.3 Å². The summed E-state index contributed by atoms with van der Waals surface area (Å²) in [5.74, 6) is -2.82. The van der Waals surface area contributed by atoms with Crippen molar-refractivity contribution in [3.8, 4) is 0 Å². The van der Waals surface area contributed by atoms with Crippen LogP contribution in [0, 0.1) is 0 Å². The van der Waals surface area contributed by atoms with Crippen LogP contribution in [0.15, 0.2) is 30.3 Å². The van der Waals surface area contributed by atoms with E-state index in [0.29, 0.717) is 0 Å². The van der Waals surface area contributed by atoms with E-state index in [-0.39, 0.29) is 5.56 Å². The molecule has 1 aliphatic rings. The standard InChI is InChI=1S/C14H19NO2/c1-17-14(16)13(11-7-3-2-4-8-11)12-9-5-6-10-15-12/h2-4,7-8,12-13,15H,5-6,9-10H2,1H3/t12-,13-/m0/s1/i5D2,6D2,9D2,10D2,12D. The van der Waals surface area contributed by atoms with Gasteiger partial charge in [0.25, 0.3) is 0 Å². The van der Waals surface area contributed by atoms with E-state index in [9.17, 15) is 4.79 Å². The molecule has 0 bridgehead atoms. The monoisotopic (exact) mass is 242 g/mol. The average molecular weight is 242 g/mol. The Morgan fingerprint density at radius 3 is 3.00 bits per heavy atom. The van der Waals surface area contributed by atoms with Crippen LogP contribution >= 0.6 is 0 Å². The van der Waals surface area contributed by atoms with Gasteiger partial charge in [0.1, 0.15) is 0 Å². The zero-order chi connectivity index (χ0) is 20.2. The number of hydrogen-bond donors (Lipinski definition) is 1. The first-order chi connectivity index (χ1) is 11.7. The fourth-order valence-corrected chi connectivity index (χ4v) is 1.59. The van der Waals surface area contributed by atoms with Crippen molar-refractivity contribution in [2.75, 3.05) is 13.6 Å². The van der Waals surface area contributed by atoms with Gasteiger partial charge in [0.15, 0.2) is 0 Å². The Labute approximate surface area is 115 Å². The summed E-state index contributed by atoms with van der Waals surface area (Å²) in [6.07, 6.45) is -10.0. The van der Waals surface area contributed by atoms with Crippen LogP contribution in [0.25, 0.3) is 0 Å². The Morgan fingerprint density at radius 2 is 2.29 bits per heavy atom. The van der Waals surface area contributed by atoms with Crippen LogP contribution in [0.3, 0.4) is 0 Å². The number of benzene rings is 1. The summed E-state index contributed by atoms with van der Waals surface area (Å²) in [4.78, 5) is 12.4. The van der Waals surface area contributed by atoms with Gasteiger partial charge in [-0.15, -0.1) is 0 Å². The van der Waals surface area contributed by atoms with Crippen molar-refractivity contribution in [2.24, 2.45) is 0 Å². The lowest BCUT2D eigenvalue weighted by molar-refractivity contribution is -0.143. The van der Waals surface area contributed by atoms with Crippen molar-refractivity contribution in [1.29, 1.82) is 0 Å². The maximum atomic E-state index is 12.4. The summed E-state index contributed by atoms with van der Waals surface area (Å²) in [5, 5.41) is 1.93. The molecule has 0 aromatic heterocycles. The number of carbonyl (C=O) groups is 1. The summed E-state index contributed by atoms with van der Waals surface area (Å²) in [7, 11) is 1.02. The first kappa shape index (κ1) is 5.11. The molecule has 17 heavy (non-hydrogen) atoms. The van der Waals surface area contributed by atoms with Crippen molar-refractivity contribution >= 4 is 5.97 Å². The van der Waals surface area contributed by atoms with E-state index in [1.807, 2.05) is 5.32 Å². The molecule has 1 aliphatic heterocycles. The predicted molar refractivity (Wildman–Crippen MR) is 66.8 cm³/mol. The second-order valence-electron chi connectivity index (χ2n) is 3.41. The van der Waals surface area contributed by atoms with Crippen LogP contribution < -0.4 is 5.32 Å². The number of esters is 1. The molecule has 3 nitrogen and oxygen atoms in total. The van der Waals surface area contributed by atoms with Crippen molar-refractivity contribution in [3.05, 3.63) is 35.9 Å². The second-order valence-corrected chi connectivity index (χ2v) is 3.41. The molecular weight excluding hydrogens is 214 g/mol. The molecule has 2 atom stereocenters. The molecule has 3 heteroatoms. The van der Waals surface area contributed by atoms with Crippen LogP contribution in [-0.4, -0.2) is 25.6 Å². The fraction of sp³-hybridized carbons (Fsp3) is 0.500. The van der Waals surface area contributed by atoms with E-state index < -0.39 is 43.5 Å². The Morgan fingerprint density at radius 1 is 1.53 bits per heavy atom. The van der Waals surface area contributed by atoms with Crippen LogP contribution in [0.2, 0.25) is 0 Å². The molecule has 0 radical (unpaired) electrons. The van der Waals surface area contributed by atoms with Gasteiger partial charge in [-0.2, -0.15) is 0 Å². The Bertz CT molecular complexity index is 695. The zero-order valence-electron chi connectivity index (χ0n) is 18.3. The molecule has 1 fully saturated rings. The number of nitrogens with one attached hydrogen (secondary N) is 1. The van der Waals surface area contributed by atoms with Gasteiger partial charge in [-0.3, -0.25) is 4.79 Å². The van der Waals surface area contributed by atoms with Crippen molar-refractivity contribution in [1.82, 2.24) is 5.32 Å². The molecule has 0 saturated carbocycles. The van der Waals surface area contributed by atoms with Gasteiger partial charge >= 0.3 is 5.97 Å². The Balaban J connectivity index is 2.76. The minimum Gasteiger partial charge on any atom is -0.469 e. The van der Waals surface area contributed by atoms with Crippen LogP contribution in [0.5, 0.6) is 0 Å². The lowest BCUT2D eigenvalue weighted by atomic mass is 9.86. The molecule has 92 valence electrons. The number of ether oxygens (including phenoxy) is 1. The normalized spacial score (nSPS) is 45.8. The minimum absolute atomic E-state index is 0.111. The third-order valence-corrected chi connectivity index (χ3v) is 2.38. The largest absolute Gasteiger partial charge is 0.469 e. The predicted octanol–water partition coefficient (Wildman–Crippen LogP) is 2.09. The van der Waals surface area contributed by atoms with Crippen LogP contribution in [0.4, 0.5) is 0 Å². The Kier molecular flexibility index (Phi) is 1.75. The van der Waals surface area contributed by atoms with Gasteiger partial charge in [-0.1, -0.05) is 36.7 Å². The molecule has 1 saturated heterocycles. The average Bonchev–Trinajstić information content (AvgIpc) is 2.53. The first-order valence-corrected chi connectivity index (χ1v) is 5.09. The highest BCUT2D eigenvalue weighted by Crippen LogP contribution is 2.26. The van der Waals surface area contributed by atoms with Gasteiger partial charge in [-0.05, 0) is 24.8 Å². The highest BCUT2D eigenvalue weighted by Gasteiger charge is 2.31. The topological polar surface area (TPSA) is 38.3 Å². The smallest absolute Gasteiger partial charge is 0.314 e. The highest BCUT2D eigenvalue weighted by molar-refractivity contribution is 5.79. The number of rotatable bonds is 3. The van der Waals surface area contributed by atoms with Gasteiger partial charge in [0.2, 0.25) is 0 Å². The molecule has 1 heterocycles. The van der Waals surface area contributed by atoms with E-state index in [0.717, 1.165) is 7.11 Å². The number of hydrogen-bond acceptors (Lipinski definition) is 3. The van der Waals surface area contributed by atoms with E-state index in [1.165, 1.54) is 24.3 Å². The third kappa shape index (κ3) is 2.86. The summed E-state index contributed by atoms with van der Waals surface area (Å²) in [5.41, 5.74) is 0.111. The molecule has 0 spiro atoms. The number of methoxy groups -OCH3 is 1. The molecule has 0 aliphatic carbocycles. The first-order valence-electron chi connectivity index (χ1n) is 9.59. The van der Waals surface area contributed by atoms with Gasteiger partial charge in [0, 0.05) is 18.4 Å². The summed E-state index contributed by atoms with van der Waals surface area (Å²) in [6, 6.07) is 4.59. The molecule has 0 unspecified atom stereocenters. The SMILES string of the molecule is [2H]C1([2H])N[C@]([2H])([C@@H](C(=O)OC)c2ccccc2)C([2H])([2H])C([2H])([2H])C1([2H])[2H]. The van der Waals surface area contributed by atoms with Crippen molar-refractivity contribution < 1.29 is 21.9 Å². The van der Waals surface area contributed by atoms with Gasteiger partial charge in [0.05, 0.1) is 13.0 Å².